The van der Waals surface area contributed by atoms with Crippen LogP contribution < -0.4 is 0 Å². The first-order valence-electron chi connectivity index (χ1n) is 14.2. The molecule has 3 atom stereocenters. The van der Waals surface area contributed by atoms with E-state index in [2.05, 4.69) is 25.1 Å². The molecule has 1 saturated carbocycles. The van der Waals surface area contributed by atoms with Crippen molar-refractivity contribution in [1.29, 1.82) is 0 Å². The second-order valence-electron chi connectivity index (χ2n) is 10.9. The molecule has 0 radical (unpaired) electrons. The van der Waals surface area contributed by atoms with Crippen molar-refractivity contribution in [1.82, 2.24) is 9.80 Å². The molecule has 0 aromatic heterocycles. The Labute approximate surface area is 235 Å². The van der Waals surface area contributed by atoms with Crippen molar-refractivity contribution in [3.8, 4) is 0 Å². The zero-order valence-corrected chi connectivity index (χ0v) is 23.7. The molecule has 2 amide bonds. The molecule has 2 aliphatic heterocycles. The van der Waals surface area contributed by atoms with Gasteiger partial charge in [-0.25, -0.2) is 0 Å². The van der Waals surface area contributed by atoms with E-state index >= 15 is 0 Å². The fraction of sp³-hybridized carbons (Fsp3) is 0.469. The average molecular weight is 547 g/mol. The predicted octanol–water partition coefficient (Wildman–Crippen LogP) is 5.45. The highest BCUT2D eigenvalue weighted by atomic mass is 32.2. The largest absolute Gasteiger partial charge is 0.466 e. The molecule has 2 saturated heterocycles. The Morgan fingerprint density at radius 2 is 1.77 bits per heavy atom. The summed E-state index contributed by atoms with van der Waals surface area (Å²) in [4.78, 5) is 44.4. The molecule has 2 heterocycles. The molecule has 0 spiro atoms. The molecule has 6 nitrogen and oxygen atoms in total. The van der Waals surface area contributed by atoms with Crippen molar-refractivity contribution in [3.63, 3.8) is 0 Å². The molecular weight excluding hydrogens is 508 g/mol. The van der Waals surface area contributed by atoms with E-state index in [1.165, 1.54) is 5.56 Å². The smallest absolute Gasteiger partial charge is 0.309 e. The number of aryl methyl sites for hydroxylation is 1. The molecular formula is C32H38N2O4S. The summed E-state index contributed by atoms with van der Waals surface area (Å²) >= 11 is 1.69. The molecule has 5 rings (SSSR count). The first kappa shape index (κ1) is 27.5. The zero-order chi connectivity index (χ0) is 27.4. The summed E-state index contributed by atoms with van der Waals surface area (Å²) in [7, 11) is 0. The van der Waals surface area contributed by atoms with Gasteiger partial charge in [0.25, 0.3) is 5.91 Å². The third kappa shape index (κ3) is 6.40. The van der Waals surface area contributed by atoms with E-state index in [9.17, 15) is 14.4 Å². The number of likely N-dealkylation sites (tertiary alicyclic amines) is 1. The number of thioether (sulfide) groups is 1. The molecule has 1 aliphatic carbocycles. The minimum absolute atomic E-state index is 0.00991. The van der Waals surface area contributed by atoms with Crippen LogP contribution in [0.15, 0.2) is 59.5 Å². The van der Waals surface area contributed by atoms with Crippen LogP contribution in [0.1, 0.15) is 55.7 Å². The fourth-order valence-corrected chi connectivity index (χ4v) is 7.58. The number of hydrogen-bond donors (Lipinski definition) is 0. The third-order valence-electron chi connectivity index (χ3n) is 8.21. The zero-order valence-electron chi connectivity index (χ0n) is 22.9. The summed E-state index contributed by atoms with van der Waals surface area (Å²) in [5.41, 5.74) is 3.31. The Balaban J connectivity index is 1.32. The van der Waals surface area contributed by atoms with E-state index in [4.69, 9.17) is 4.74 Å². The van der Waals surface area contributed by atoms with Crippen LogP contribution in [0.2, 0.25) is 0 Å². The maximum absolute atomic E-state index is 13.9. The molecule has 206 valence electrons. The number of ether oxygens (including phenoxy) is 1. The number of esters is 1. The van der Waals surface area contributed by atoms with E-state index in [0.717, 1.165) is 28.9 Å². The molecule has 0 bridgehead atoms. The van der Waals surface area contributed by atoms with Gasteiger partial charge in [0.05, 0.1) is 17.4 Å². The van der Waals surface area contributed by atoms with Crippen molar-refractivity contribution in [2.24, 2.45) is 11.8 Å². The van der Waals surface area contributed by atoms with Gasteiger partial charge >= 0.3 is 5.97 Å². The summed E-state index contributed by atoms with van der Waals surface area (Å²) in [6.45, 7) is 6.02. The number of hydrogen-bond acceptors (Lipinski definition) is 5. The van der Waals surface area contributed by atoms with Crippen molar-refractivity contribution in [3.05, 3.63) is 76.2 Å². The van der Waals surface area contributed by atoms with Crippen LogP contribution >= 0.6 is 11.8 Å². The van der Waals surface area contributed by atoms with Crippen LogP contribution in [0, 0.1) is 18.8 Å². The molecule has 39 heavy (non-hydrogen) atoms. The lowest BCUT2D eigenvalue weighted by atomic mass is 9.82. The Kier molecular flexibility index (Phi) is 8.75. The maximum Gasteiger partial charge on any atom is 0.309 e. The lowest BCUT2D eigenvalue weighted by molar-refractivity contribution is -0.152. The van der Waals surface area contributed by atoms with Crippen LogP contribution in [0.3, 0.4) is 0 Å². The quantitative estimate of drug-likeness (QED) is 0.356. The van der Waals surface area contributed by atoms with E-state index in [0.29, 0.717) is 45.5 Å². The van der Waals surface area contributed by atoms with Gasteiger partial charge in [0, 0.05) is 36.8 Å². The van der Waals surface area contributed by atoms with Gasteiger partial charge < -0.3 is 14.5 Å². The van der Waals surface area contributed by atoms with Crippen molar-refractivity contribution >= 4 is 35.6 Å². The SMILES string of the molecule is CCOC(=O)C1CCN(C(=O)C2CCC3S/C(=C/c4ccccc4)C(=O)N(Cc4cccc(C)c4)C3C2)CC1. The molecule has 7 heteroatoms. The molecule has 2 aromatic rings. The molecule has 2 aromatic carbocycles. The summed E-state index contributed by atoms with van der Waals surface area (Å²) in [5.74, 6) is -0.131. The first-order valence-corrected chi connectivity index (χ1v) is 15.1. The standard InChI is InChI=1S/C32H38N2O4S/c1-3-38-32(37)25-14-16-33(17-15-25)30(35)26-12-13-28-27(20-26)34(21-24-11-7-8-22(2)18-24)31(36)29(39-28)19-23-9-5-4-6-10-23/h4-11,18-19,25-28H,3,12-17,20-21H2,1-2H3/b29-19+. The van der Waals surface area contributed by atoms with Gasteiger partial charge in [0.2, 0.25) is 5.91 Å². The van der Waals surface area contributed by atoms with Gasteiger partial charge in [-0.1, -0.05) is 60.2 Å². The highest BCUT2D eigenvalue weighted by molar-refractivity contribution is 8.04. The van der Waals surface area contributed by atoms with Gasteiger partial charge in [-0.15, -0.1) is 11.8 Å². The number of rotatable bonds is 6. The topological polar surface area (TPSA) is 66.9 Å². The lowest BCUT2D eigenvalue weighted by Gasteiger charge is -2.47. The Bertz CT molecular complexity index is 1220. The molecule has 3 fully saturated rings. The summed E-state index contributed by atoms with van der Waals surface area (Å²) in [6, 6.07) is 18.4. The second-order valence-corrected chi connectivity index (χ2v) is 12.2. The fourth-order valence-electron chi connectivity index (χ4n) is 6.16. The normalized spacial score (nSPS) is 24.9. The summed E-state index contributed by atoms with van der Waals surface area (Å²) in [5, 5.41) is 0.265. The van der Waals surface area contributed by atoms with Crippen LogP contribution in [0.4, 0.5) is 0 Å². The van der Waals surface area contributed by atoms with Crippen LogP contribution in [0.5, 0.6) is 0 Å². The third-order valence-corrected chi connectivity index (χ3v) is 9.61. The van der Waals surface area contributed by atoms with E-state index < -0.39 is 0 Å². The molecule has 3 unspecified atom stereocenters. The van der Waals surface area contributed by atoms with Crippen molar-refractivity contribution < 1.29 is 19.1 Å². The number of amides is 2. The number of piperidine rings is 1. The van der Waals surface area contributed by atoms with E-state index in [1.54, 1.807) is 11.8 Å². The maximum atomic E-state index is 13.9. The highest BCUT2D eigenvalue weighted by Crippen LogP contribution is 2.45. The molecule has 0 N–H and O–H groups in total. The Morgan fingerprint density at radius 1 is 1.00 bits per heavy atom. The second kappa shape index (κ2) is 12.4. The number of carbonyl (C=O) groups excluding carboxylic acids is 3. The summed E-state index contributed by atoms with van der Waals surface area (Å²) < 4.78 is 5.19. The highest BCUT2D eigenvalue weighted by Gasteiger charge is 2.45. The Morgan fingerprint density at radius 3 is 2.49 bits per heavy atom. The minimum Gasteiger partial charge on any atom is -0.466 e. The van der Waals surface area contributed by atoms with Gasteiger partial charge in [-0.3, -0.25) is 14.4 Å². The molecule has 3 aliphatic rings. The van der Waals surface area contributed by atoms with Gasteiger partial charge in [-0.05, 0) is 63.2 Å². The van der Waals surface area contributed by atoms with Crippen LogP contribution in [-0.2, 0) is 25.7 Å². The van der Waals surface area contributed by atoms with Crippen LogP contribution in [0.25, 0.3) is 6.08 Å². The van der Waals surface area contributed by atoms with Crippen molar-refractivity contribution in [2.45, 2.75) is 63.8 Å². The number of fused-ring (bicyclic) bond motifs is 1. The predicted molar refractivity (Wildman–Crippen MR) is 155 cm³/mol. The van der Waals surface area contributed by atoms with E-state index in [1.807, 2.05) is 59.2 Å². The lowest BCUT2D eigenvalue weighted by Crippen LogP contribution is -2.54. The summed E-state index contributed by atoms with van der Waals surface area (Å²) in [6.07, 6.45) is 5.74. The monoisotopic (exact) mass is 546 g/mol. The van der Waals surface area contributed by atoms with Crippen molar-refractivity contribution in [2.75, 3.05) is 19.7 Å². The number of carbonyl (C=O) groups is 3. The van der Waals surface area contributed by atoms with Gasteiger partial charge in [0.1, 0.15) is 0 Å². The number of nitrogens with zero attached hydrogens (tertiary/aromatic N) is 2. The average Bonchev–Trinajstić information content (AvgIpc) is 2.95. The van der Waals surface area contributed by atoms with Gasteiger partial charge in [-0.2, -0.15) is 0 Å². The van der Waals surface area contributed by atoms with Gasteiger partial charge in [0.15, 0.2) is 0 Å². The van der Waals surface area contributed by atoms with E-state index in [-0.39, 0.29) is 40.9 Å². The Hall–Kier alpha value is -3.06. The number of benzene rings is 2. The first-order chi connectivity index (χ1) is 18.9. The van der Waals surface area contributed by atoms with Crippen LogP contribution in [-0.4, -0.2) is 58.6 Å². The minimum atomic E-state index is -0.144.